The second-order valence-corrected chi connectivity index (χ2v) is 5.28. The molecule has 7 nitrogen and oxygen atoms in total. The van der Waals surface area contributed by atoms with Crippen LogP contribution in [0.5, 0.6) is 0 Å². The number of amides is 3. The molecule has 0 heterocycles. The number of nitrogens with two attached hydrogens (primary N) is 1. The van der Waals surface area contributed by atoms with Gasteiger partial charge in [-0.05, 0) is 18.8 Å². The van der Waals surface area contributed by atoms with Crippen LogP contribution in [-0.4, -0.2) is 35.1 Å². The molecular weight excluding hydrogens is 262 g/mol. The number of carboxylic acid groups (broad SMARTS) is 1. The molecule has 0 saturated carbocycles. The van der Waals surface area contributed by atoms with Crippen molar-refractivity contribution in [3.63, 3.8) is 0 Å². The lowest BCUT2D eigenvalue weighted by Gasteiger charge is -2.23. The Morgan fingerprint density at radius 3 is 2.20 bits per heavy atom. The van der Waals surface area contributed by atoms with Crippen LogP contribution < -0.4 is 16.4 Å². The van der Waals surface area contributed by atoms with E-state index in [1.54, 1.807) is 0 Å². The van der Waals surface area contributed by atoms with Gasteiger partial charge in [-0.25, -0.2) is 4.79 Å². The first-order valence-corrected chi connectivity index (χ1v) is 6.84. The number of primary amides is 1. The topological polar surface area (TPSA) is 122 Å². The van der Waals surface area contributed by atoms with Crippen molar-refractivity contribution in [2.75, 3.05) is 0 Å². The molecule has 0 saturated heterocycles. The molecule has 20 heavy (non-hydrogen) atoms. The van der Waals surface area contributed by atoms with Gasteiger partial charge in [0.05, 0.1) is 6.42 Å². The fraction of sp³-hybridized carbons (Fsp3) is 0.769. The molecular formula is C13H25N3O4. The van der Waals surface area contributed by atoms with E-state index in [1.807, 2.05) is 20.8 Å². The van der Waals surface area contributed by atoms with Crippen molar-refractivity contribution in [3.05, 3.63) is 0 Å². The van der Waals surface area contributed by atoms with Gasteiger partial charge in [0.25, 0.3) is 0 Å². The molecule has 0 aliphatic heterocycles. The van der Waals surface area contributed by atoms with E-state index in [9.17, 15) is 14.4 Å². The lowest BCUT2D eigenvalue weighted by molar-refractivity contribution is -0.137. The highest BCUT2D eigenvalue weighted by molar-refractivity contribution is 5.87. The van der Waals surface area contributed by atoms with Crippen LogP contribution in [0.4, 0.5) is 4.79 Å². The van der Waals surface area contributed by atoms with Crippen LogP contribution >= 0.6 is 0 Å². The van der Waals surface area contributed by atoms with E-state index >= 15 is 0 Å². The summed E-state index contributed by atoms with van der Waals surface area (Å²) in [5, 5.41) is 13.9. The average molecular weight is 287 g/mol. The Hall–Kier alpha value is -1.79. The molecule has 0 aliphatic rings. The first-order valence-electron chi connectivity index (χ1n) is 6.84. The number of carbonyl (C=O) groups is 3. The summed E-state index contributed by atoms with van der Waals surface area (Å²) in [7, 11) is 0. The van der Waals surface area contributed by atoms with Crippen LogP contribution in [0.2, 0.25) is 0 Å². The van der Waals surface area contributed by atoms with Crippen LogP contribution in [0.25, 0.3) is 0 Å². The molecule has 0 spiro atoms. The van der Waals surface area contributed by atoms with E-state index in [0.717, 1.165) is 6.42 Å². The van der Waals surface area contributed by atoms with Gasteiger partial charge in [-0.3, -0.25) is 9.59 Å². The fourth-order valence-electron chi connectivity index (χ4n) is 1.96. The van der Waals surface area contributed by atoms with Gasteiger partial charge >= 0.3 is 12.0 Å². The molecule has 0 radical (unpaired) electrons. The summed E-state index contributed by atoms with van der Waals surface area (Å²) in [6.07, 6.45) is 1.64. The van der Waals surface area contributed by atoms with Gasteiger partial charge in [-0.15, -0.1) is 0 Å². The van der Waals surface area contributed by atoms with E-state index in [1.165, 1.54) is 0 Å². The average Bonchev–Trinajstić information content (AvgIpc) is 2.26. The molecule has 0 fully saturated rings. The van der Waals surface area contributed by atoms with Crippen LogP contribution in [0.3, 0.4) is 0 Å². The summed E-state index contributed by atoms with van der Waals surface area (Å²) in [6, 6.07) is -1.94. The predicted molar refractivity (Wildman–Crippen MR) is 75.1 cm³/mol. The molecule has 0 aromatic carbocycles. The third-order valence-electron chi connectivity index (χ3n) is 2.74. The highest BCUT2D eigenvalue weighted by atomic mass is 16.4. The second-order valence-electron chi connectivity index (χ2n) is 5.28. The predicted octanol–water partition coefficient (Wildman–Crippen LogP) is 0.829. The lowest BCUT2D eigenvalue weighted by atomic mass is 10.0. The van der Waals surface area contributed by atoms with E-state index in [2.05, 4.69) is 10.6 Å². The Labute approximate surface area is 119 Å². The maximum atomic E-state index is 12.1. The number of carboxylic acids is 1. The highest BCUT2D eigenvalue weighted by Crippen LogP contribution is 2.07. The first-order chi connectivity index (χ1) is 9.26. The zero-order chi connectivity index (χ0) is 15.7. The largest absolute Gasteiger partial charge is 0.481 e. The zero-order valence-corrected chi connectivity index (χ0v) is 12.3. The molecule has 0 aliphatic carbocycles. The lowest BCUT2D eigenvalue weighted by Crippen LogP contribution is -2.51. The summed E-state index contributed by atoms with van der Waals surface area (Å²) in [5.74, 6) is -1.16. The molecule has 5 N–H and O–H groups in total. The van der Waals surface area contributed by atoms with Crippen LogP contribution in [0, 0.1) is 5.92 Å². The molecule has 3 amide bonds. The number of urea groups is 1. The molecule has 0 bridgehead atoms. The van der Waals surface area contributed by atoms with Gasteiger partial charge in [0.1, 0.15) is 6.04 Å². The summed E-state index contributed by atoms with van der Waals surface area (Å²) < 4.78 is 0. The fourth-order valence-corrected chi connectivity index (χ4v) is 1.96. The summed E-state index contributed by atoms with van der Waals surface area (Å²) in [5.41, 5.74) is 5.05. The SMILES string of the molecule is CCCC(CC(=O)O)NC(=O)C(CC(C)C)NC(N)=O. The smallest absolute Gasteiger partial charge is 0.312 e. The van der Waals surface area contributed by atoms with Crippen molar-refractivity contribution in [1.82, 2.24) is 10.6 Å². The van der Waals surface area contributed by atoms with Crippen molar-refractivity contribution in [1.29, 1.82) is 0 Å². The van der Waals surface area contributed by atoms with Crippen LogP contribution in [0.15, 0.2) is 0 Å². The Morgan fingerprint density at radius 2 is 1.80 bits per heavy atom. The normalized spacial score (nSPS) is 13.6. The minimum Gasteiger partial charge on any atom is -0.481 e. The highest BCUT2D eigenvalue weighted by Gasteiger charge is 2.24. The van der Waals surface area contributed by atoms with Crippen molar-refractivity contribution in [2.45, 2.75) is 58.5 Å². The third-order valence-corrected chi connectivity index (χ3v) is 2.74. The van der Waals surface area contributed by atoms with E-state index in [4.69, 9.17) is 10.8 Å². The van der Waals surface area contributed by atoms with Gasteiger partial charge in [0.2, 0.25) is 5.91 Å². The van der Waals surface area contributed by atoms with E-state index in [-0.39, 0.29) is 12.3 Å². The Balaban J connectivity index is 4.67. The molecule has 2 unspecified atom stereocenters. The Kier molecular flexibility index (Phi) is 8.35. The first kappa shape index (κ1) is 18.2. The number of hydrogen-bond donors (Lipinski definition) is 4. The Bertz CT molecular complexity index is 345. The van der Waals surface area contributed by atoms with Crippen LogP contribution in [0.1, 0.15) is 46.5 Å². The molecule has 0 aromatic rings. The summed E-state index contributed by atoms with van der Waals surface area (Å²) in [4.78, 5) is 33.8. The number of aliphatic carboxylic acids is 1. The van der Waals surface area contributed by atoms with E-state index < -0.39 is 30.0 Å². The molecule has 0 rings (SSSR count). The third kappa shape index (κ3) is 8.34. The van der Waals surface area contributed by atoms with Gasteiger partial charge in [0.15, 0.2) is 0 Å². The number of carbonyl (C=O) groups excluding carboxylic acids is 2. The van der Waals surface area contributed by atoms with Crippen LogP contribution in [-0.2, 0) is 9.59 Å². The molecule has 116 valence electrons. The second kappa shape index (κ2) is 9.17. The summed E-state index contributed by atoms with van der Waals surface area (Å²) >= 11 is 0. The van der Waals surface area contributed by atoms with Crippen molar-refractivity contribution in [3.8, 4) is 0 Å². The van der Waals surface area contributed by atoms with E-state index in [0.29, 0.717) is 12.8 Å². The zero-order valence-electron chi connectivity index (χ0n) is 12.3. The van der Waals surface area contributed by atoms with Crippen molar-refractivity contribution in [2.24, 2.45) is 11.7 Å². The van der Waals surface area contributed by atoms with Crippen molar-refractivity contribution >= 4 is 17.9 Å². The minimum atomic E-state index is -0.966. The van der Waals surface area contributed by atoms with Gasteiger partial charge < -0.3 is 21.5 Å². The monoisotopic (exact) mass is 287 g/mol. The maximum absolute atomic E-state index is 12.1. The number of rotatable bonds is 9. The van der Waals surface area contributed by atoms with Gasteiger partial charge in [0, 0.05) is 6.04 Å². The number of hydrogen-bond acceptors (Lipinski definition) is 3. The molecule has 7 heteroatoms. The van der Waals surface area contributed by atoms with Gasteiger partial charge in [-0.2, -0.15) is 0 Å². The maximum Gasteiger partial charge on any atom is 0.312 e. The van der Waals surface area contributed by atoms with Crippen molar-refractivity contribution < 1.29 is 19.5 Å². The molecule has 0 aromatic heterocycles. The quantitative estimate of drug-likeness (QED) is 0.501. The standard InChI is InChI=1S/C13H25N3O4/c1-4-5-9(7-11(17)18)15-12(19)10(6-8(2)3)16-13(14)20/h8-10H,4-7H2,1-3H3,(H,15,19)(H,17,18)(H3,14,16,20). The molecule has 2 atom stereocenters. The summed E-state index contributed by atoms with van der Waals surface area (Å²) in [6.45, 7) is 5.75. The Morgan fingerprint density at radius 1 is 1.20 bits per heavy atom. The number of nitrogens with one attached hydrogen (secondary N) is 2. The minimum absolute atomic E-state index is 0.134. The van der Waals surface area contributed by atoms with Gasteiger partial charge in [-0.1, -0.05) is 27.2 Å².